The number of carbonyl (C=O) groups is 3. The molecular weight excluding hydrogens is 400 g/mol. The van der Waals surface area contributed by atoms with Gasteiger partial charge in [-0.05, 0) is 43.2 Å². The number of carbonyl (C=O) groups excluding carboxylic acids is 3. The van der Waals surface area contributed by atoms with Gasteiger partial charge in [0.1, 0.15) is 11.5 Å². The highest BCUT2D eigenvalue weighted by Crippen LogP contribution is 2.30. The average molecular weight is 426 g/mol. The molecule has 2 aromatic rings. The van der Waals surface area contributed by atoms with Crippen molar-refractivity contribution < 1.29 is 28.6 Å². The van der Waals surface area contributed by atoms with Gasteiger partial charge in [0.05, 0.1) is 25.8 Å². The normalized spacial score (nSPS) is 15.5. The third-order valence-corrected chi connectivity index (χ3v) is 5.35. The van der Waals surface area contributed by atoms with E-state index in [0.29, 0.717) is 17.2 Å². The van der Waals surface area contributed by atoms with Gasteiger partial charge in [0.15, 0.2) is 6.61 Å². The summed E-state index contributed by atoms with van der Waals surface area (Å²) in [5, 5.41) is 2.64. The summed E-state index contributed by atoms with van der Waals surface area (Å²) in [7, 11) is 3.00. The standard InChI is InChI=1S/C23H26N2O6/c1-14-6-5-7-19(15(14)2)25-12-16(10-22(25)27)23(28)31-13-21(26)24-18-11-17(29-3)8-9-20(18)30-4/h5-9,11,16H,10,12-13H2,1-4H3,(H,24,26)/t16-/m0/s1. The molecule has 0 aromatic heterocycles. The number of aryl methyl sites for hydroxylation is 1. The van der Waals surface area contributed by atoms with Crippen LogP contribution in [0, 0.1) is 19.8 Å². The van der Waals surface area contributed by atoms with Crippen LogP contribution in [0.5, 0.6) is 11.5 Å². The van der Waals surface area contributed by atoms with Crippen molar-refractivity contribution in [3.8, 4) is 11.5 Å². The van der Waals surface area contributed by atoms with Crippen molar-refractivity contribution in [1.29, 1.82) is 0 Å². The van der Waals surface area contributed by atoms with Gasteiger partial charge in [-0.1, -0.05) is 12.1 Å². The van der Waals surface area contributed by atoms with Crippen LogP contribution in [-0.2, 0) is 19.1 Å². The molecule has 0 radical (unpaired) electrons. The van der Waals surface area contributed by atoms with E-state index in [2.05, 4.69) is 5.32 Å². The number of ether oxygens (including phenoxy) is 3. The minimum absolute atomic E-state index is 0.0531. The van der Waals surface area contributed by atoms with Crippen molar-refractivity contribution in [2.45, 2.75) is 20.3 Å². The quantitative estimate of drug-likeness (QED) is 0.685. The number of esters is 1. The molecule has 1 saturated heterocycles. The van der Waals surface area contributed by atoms with Crippen LogP contribution in [0.4, 0.5) is 11.4 Å². The monoisotopic (exact) mass is 426 g/mol. The highest BCUT2D eigenvalue weighted by molar-refractivity contribution is 6.00. The molecular formula is C23H26N2O6. The van der Waals surface area contributed by atoms with E-state index in [9.17, 15) is 14.4 Å². The Morgan fingerprint density at radius 1 is 1.13 bits per heavy atom. The van der Waals surface area contributed by atoms with Crippen LogP contribution >= 0.6 is 0 Å². The van der Waals surface area contributed by atoms with E-state index in [-0.39, 0.29) is 18.9 Å². The topological polar surface area (TPSA) is 94.2 Å². The highest BCUT2D eigenvalue weighted by Gasteiger charge is 2.37. The molecule has 1 atom stereocenters. The van der Waals surface area contributed by atoms with Gasteiger partial charge in [-0.3, -0.25) is 14.4 Å². The molecule has 2 aromatic carbocycles. The molecule has 0 bridgehead atoms. The summed E-state index contributed by atoms with van der Waals surface area (Å²) in [6.07, 6.45) is 0.0531. The van der Waals surface area contributed by atoms with Crippen molar-refractivity contribution in [1.82, 2.24) is 0 Å². The minimum atomic E-state index is -0.619. The fourth-order valence-corrected chi connectivity index (χ4v) is 3.48. The van der Waals surface area contributed by atoms with E-state index < -0.39 is 24.4 Å². The Kier molecular flexibility index (Phi) is 6.79. The first-order valence-corrected chi connectivity index (χ1v) is 9.89. The summed E-state index contributed by atoms with van der Waals surface area (Å²) < 4.78 is 15.5. The van der Waals surface area contributed by atoms with Crippen LogP contribution < -0.4 is 19.7 Å². The third-order valence-electron chi connectivity index (χ3n) is 5.35. The predicted molar refractivity (Wildman–Crippen MR) is 116 cm³/mol. The number of nitrogens with one attached hydrogen (secondary N) is 1. The Labute approximate surface area is 181 Å². The Morgan fingerprint density at radius 2 is 1.90 bits per heavy atom. The molecule has 0 aliphatic carbocycles. The number of rotatable bonds is 7. The van der Waals surface area contributed by atoms with Gasteiger partial charge in [0, 0.05) is 24.7 Å². The number of nitrogens with zero attached hydrogens (tertiary/aromatic N) is 1. The Bertz CT molecular complexity index is 1000. The molecule has 1 aliphatic heterocycles. The summed E-state index contributed by atoms with van der Waals surface area (Å²) in [4.78, 5) is 38.8. The van der Waals surface area contributed by atoms with Crippen LogP contribution in [0.15, 0.2) is 36.4 Å². The molecule has 0 unspecified atom stereocenters. The molecule has 1 N–H and O–H groups in total. The van der Waals surface area contributed by atoms with E-state index in [1.54, 1.807) is 23.1 Å². The molecule has 3 rings (SSSR count). The SMILES string of the molecule is COc1ccc(OC)c(NC(=O)COC(=O)[C@H]2CC(=O)N(c3cccc(C)c3C)C2)c1. The molecule has 2 amide bonds. The van der Waals surface area contributed by atoms with Crippen LogP contribution in [-0.4, -0.2) is 45.2 Å². The maximum absolute atomic E-state index is 12.5. The molecule has 0 saturated carbocycles. The smallest absolute Gasteiger partial charge is 0.311 e. The molecule has 31 heavy (non-hydrogen) atoms. The van der Waals surface area contributed by atoms with E-state index in [0.717, 1.165) is 16.8 Å². The van der Waals surface area contributed by atoms with Crippen molar-refractivity contribution in [3.05, 3.63) is 47.5 Å². The van der Waals surface area contributed by atoms with Crippen molar-refractivity contribution in [2.75, 3.05) is 37.6 Å². The maximum Gasteiger partial charge on any atom is 0.311 e. The molecule has 8 heteroatoms. The van der Waals surface area contributed by atoms with Crippen LogP contribution in [0.2, 0.25) is 0 Å². The first kappa shape index (κ1) is 22.1. The fourth-order valence-electron chi connectivity index (χ4n) is 3.48. The van der Waals surface area contributed by atoms with Crippen LogP contribution in [0.3, 0.4) is 0 Å². The second-order valence-corrected chi connectivity index (χ2v) is 7.35. The minimum Gasteiger partial charge on any atom is -0.497 e. The van der Waals surface area contributed by atoms with Crippen molar-refractivity contribution >= 4 is 29.2 Å². The lowest BCUT2D eigenvalue weighted by molar-refractivity contribution is -0.151. The molecule has 0 spiro atoms. The molecule has 1 aliphatic rings. The number of hydrogen-bond acceptors (Lipinski definition) is 6. The van der Waals surface area contributed by atoms with Crippen LogP contribution in [0.1, 0.15) is 17.5 Å². The molecule has 164 valence electrons. The summed E-state index contributed by atoms with van der Waals surface area (Å²) >= 11 is 0. The zero-order valence-corrected chi connectivity index (χ0v) is 18.1. The average Bonchev–Trinajstić information content (AvgIpc) is 3.15. The zero-order valence-electron chi connectivity index (χ0n) is 18.1. The van der Waals surface area contributed by atoms with E-state index in [1.165, 1.54) is 14.2 Å². The molecule has 8 nitrogen and oxygen atoms in total. The lowest BCUT2D eigenvalue weighted by atomic mass is 10.1. The maximum atomic E-state index is 12.5. The Hall–Kier alpha value is -3.55. The fraction of sp³-hybridized carbons (Fsp3) is 0.348. The highest BCUT2D eigenvalue weighted by atomic mass is 16.5. The second-order valence-electron chi connectivity index (χ2n) is 7.35. The first-order chi connectivity index (χ1) is 14.8. The summed E-state index contributed by atoms with van der Waals surface area (Å²) in [6, 6.07) is 10.7. The largest absolute Gasteiger partial charge is 0.497 e. The summed E-state index contributed by atoms with van der Waals surface area (Å²) in [6.45, 7) is 3.68. The van der Waals surface area contributed by atoms with Gasteiger partial charge < -0.3 is 24.4 Å². The second kappa shape index (κ2) is 9.51. The number of amides is 2. The van der Waals surface area contributed by atoms with E-state index >= 15 is 0 Å². The summed E-state index contributed by atoms with van der Waals surface area (Å²) in [5.74, 6) is -0.854. The summed E-state index contributed by atoms with van der Waals surface area (Å²) in [5.41, 5.74) is 3.26. The Morgan fingerprint density at radius 3 is 2.61 bits per heavy atom. The molecule has 1 heterocycles. The first-order valence-electron chi connectivity index (χ1n) is 9.89. The third kappa shape index (κ3) is 4.96. The molecule has 1 fully saturated rings. The number of methoxy groups -OCH3 is 2. The lowest BCUT2D eigenvalue weighted by Crippen LogP contribution is -2.28. The Balaban J connectivity index is 1.58. The van der Waals surface area contributed by atoms with Crippen molar-refractivity contribution in [3.63, 3.8) is 0 Å². The van der Waals surface area contributed by atoms with Gasteiger partial charge in [0.25, 0.3) is 5.91 Å². The predicted octanol–water partition coefficient (Wildman–Crippen LogP) is 2.86. The number of anilines is 2. The van der Waals surface area contributed by atoms with Gasteiger partial charge in [-0.15, -0.1) is 0 Å². The van der Waals surface area contributed by atoms with Crippen molar-refractivity contribution in [2.24, 2.45) is 5.92 Å². The van der Waals surface area contributed by atoms with Gasteiger partial charge in [-0.25, -0.2) is 0 Å². The number of benzene rings is 2. The lowest BCUT2D eigenvalue weighted by Gasteiger charge is -2.20. The number of hydrogen-bond donors (Lipinski definition) is 1. The van der Waals surface area contributed by atoms with Gasteiger partial charge in [-0.2, -0.15) is 0 Å². The van der Waals surface area contributed by atoms with Gasteiger partial charge in [0.2, 0.25) is 5.91 Å². The van der Waals surface area contributed by atoms with E-state index in [1.807, 2.05) is 32.0 Å². The zero-order chi connectivity index (χ0) is 22.5. The van der Waals surface area contributed by atoms with Gasteiger partial charge >= 0.3 is 5.97 Å². The van der Waals surface area contributed by atoms with Crippen LogP contribution in [0.25, 0.3) is 0 Å². The van der Waals surface area contributed by atoms with E-state index in [4.69, 9.17) is 14.2 Å².